The number of benzene rings is 4. The number of phenolic OH excluding ortho intramolecular Hbond substituents is 1. The highest BCUT2D eigenvalue weighted by Crippen LogP contribution is 2.34. The summed E-state index contributed by atoms with van der Waals surface area (Å²) in [5, 5.41) is 9.74. The molecule has 4 aromatic carbocycles. The molecule has 0 atom stereocenters. The number of hydrogen-bond donors (Lipinski definition) is 2. The van der Waals surface area contributed by atoms with E-state index in [9.17, 15) is 5.11 Å². The molecule has 0 aromatic heterocycles. The minimum Gasteiger partial charge on any atom is -0.506 e. The molecule has 0 aliphatic carbocycles. The number of hydrogen-bond acceptors (Lipinski definition) is 3. The lowest BCUT2D eigenvalue weighted by atomic mass is 9.85. The van der Waals surface area contributed by atoms with Gasteiger partial charge in [-0.2, -0.15) is 0 Å². The van der Waals surface area contributed by atoms with E-state index in [2.05, 4.69) is 60.7 Å². The Morgan fingerprint density at radius 3 is 1.64 bits per heavy atom. The van der Waals surface area contributed by atoms with Gasteiger partial charge in [0.05, 0.1) is 5.69 Å². The summed E-state index contributed by atoms with van der Waals surface area (Å²) >= 11 is 0. The molecule has 3 nitrogen and oxygen atoms in total. The number of nitrogens with two attached hydrogens (primary N) is 1. The van der Waals surface area contributed by atoms with Gasteiger partial charge in [0.2, 0.25) is 0 Å². The molecule has 0 bridgehead atoms. The fraction of sp³-hybridized carbons (Fsp3) is 0.0400. The van der Waals surface area contributed by atoms with Crippen LogP contribution in [-0.4, -0.2) is 5.11 Å². The Hall–Kier alpha value is -3.72. The molecule has 4 rings (SSSR count). The molecule has 0 heterocycles. The SMILES string of the molecule is Nc1ccc(Oc2ccc(C(c3ccccc3)c3ccccc3)cc2)cc1O. The maximum Gasteiger partial charge on any atom is 0.142 e. The highest BCUT2D eigenvalue weighted by atomic mass is 16.5. The molecule has 28 heavy (non-hydrogen) atoms. The molecule has 0 aliphatic heterocycles. The van der Waals surface area contributed by atoms with Crippen molar-refractivity contribution in [2.45, 2.75) is 5.92 Å². The summed E-state index contributed by atoms with van der Waals surface area (Å²) in [5.74, 6) is 1.41. The van der Waals surface area contributed by atoms with Crippen LogP contribution < -0.4 is 10.5 Å². The van der Waals surface area contributed by atoms with E-state index in [1.54, 1.807) is 12.1 Å². The largest absolute Gasteiger partial charge is 0.506 e. The normalized spacial score (nSPS) is 10.8. The zero-order valence-electron chi connectivity index (χ0n) is 15.3. The van der Waals surface area contributed by atoms with Crippen LogP contribution in [0.15, 0.2) is 103 Å². The van der Waals surface area contributed by atoms with E-state index in [4.69, 9.17) is 10.5 Å². The van der Waals surface area contributed by atoms with Crippen LogP contribution in [0.5, 0.6) is 17.2 Å². The van der Waals surface area contributed by atoms with Crippen molar-refractivity contribution in [2.75, 3.05) is 5.73 Å². The molecule has 0 fully saturated rings. The van der Waals surface area contributed by atoms with Crippen molar-refractivity contribution in [2.24, 2.45) is 0 Å². The maximum absolute atomic E-state index is 9.74. The van der Waals surface area contributed by atoms with Gasteiger partial charge in [-0.1, -0.05) is 72.8 Å². The Labute approximate surface area is 164 Å². The number of ether oxygens (including phenoxy) is 1. The van der Waals surface area contributed by atoms with Gasteiger partial charge in [0.1, 0.15) is 17.2 Å². The zero-order chi connectivity index (χ0) is 19.3. The van der Waals surface area contributed by atoms with Crippen LogP contribution in [0.4, 0.5) is 5.69 Å². The first-order valence-corrected chi connectivity index (χ1v) is 9.17. The molecule has 0 saturated carbocycles. The predicted molar refractivity (Wildman–Crippen MR) is 113 cm³/mol. The van der Waals surface area contributed by atoms with Crippen molar-refractivity contribution < 1.29 is 9.84 Å². The highest BCUT2D eigenvalue weighted by Gasteiger charge is 2.16. The summed E-state index contributed by atoms with van der Waals surface area (Å²) in [6.07, 6.45) is 0. The average molecular weight is 367 g/mol. The Bertz CT molecular complexity index is 1010. The molecule has 0 radical (unpaired) electrons. The van der Waals surface area contributed by atoms with Crippen LogP contribution >= 0.6 is 0 Å². The lowest BCUT2D eigenvalue weighted by Crippen LogP contribution is -2.03. The van der Waals surface area contributed by atoms with Crippen LogP contribution in [0.3, 0.4) is 0 Å². The first kappa shape index (κ1) is 17.7. The van der Waals surface area contributed by atoms with E-state index < -0.39 is 0 Å². The van der Waals surface area contributed by atoms with Gasteiger partial charge >= 0.3 is 0 Å². The van der Waals surface area contributed by atoms with Gasteiger partial charge in [-0.05, 0) is 41.0 Å². The molecule has 0 amide bonds. The molecular weight excluding hydrogens is 346 g/mol. The third kappa shape index (κ3) is 3.84. The maximum atomic E-state index is 9.74. The van der Waals surface area contributed by atoms with Crippen molar-refractivity contribution in [1.29, 1.82) is 0 Å². The molecule has 0 spiro atoms. The molecule has 3 heteroatoms. The molecule has 138 valence electrons. The van der Waals surface area contributed by atoms with E-state index in [0.29, 0.717) is 17.2 Å². The van der Waals surface area contributed by atoms with Crippen LogP contribution in [-0.2, 0) is 0 Å². The lowest BCUT2D eigenvalue weighted by molar-refractivity contribution is 0.457. The highest BCUT2D eigenvalue weighted by molar-refractivity contribution is 5.55. The first-order valence-electron chi connectivity index (χ1n) is 9.17. The fourth-order valence-electron chi connectivity index (χ4n) is 3.32. The standard InChI is InChI=1S/C25H21NO2/c26-23-16-15-22(17-24(23)27)28-21-13-11-20(12-14-21)25(18-7-3-1-4-8-18)19-9-5-2-6-10-19/h1-17,25,27H,26H2. The molecule has 4 aromatic rings. The summed E-state index contributed by atoms with van der Waals surface area (Å²) < 4.78 is 5.84. The Morgan fingerprint density at radius 2 is 1.11 bits per heavy atom. The van der Waals surface area contributed by atoms with E-state index in [0.717, 1.165) is 0 Å². The summed E-state index contributed by atoms with van der Waals surface area (Å²) in [6.45, 7) is 0. The van der Waals surface area contributed by atoms with Crippen molar-refractivity contribution in [3.8, 4) is 17.2 Å². The quantitative estimate of drug-likeness (QED) is 0.260. The molecule has 0 unspecified atom stereocenters. The summed E-state index contributed by atoms with van der Waals surface area (Å²) in [5.41, 5.74) is 9.64. The third-order valence-corrected chi connectivity index (χ3v) is 4.72. The smallest absolute Gasteiger partial charge is 0.142 e. The van der Waals surface area contributed by atoms with Gasteiger partial charge in [0.15, 0.2) is 0 Å². The lowest BCUT2D eigenvalue weighted by Gasteiger charge is -2.19. The van der Waals surface area contributed by atoms with E-state index in [-0.39, 0.29) is 11.7 Å². The van der Waals surface area contributed by atoms with Crippen molar-refractivity contribution in [3.63, 3.8) is 0 Å². The summed E-state index contributed by atoms with van der Waals surface area (Å²) in [7, 11) is 0. The van der Waals surface area contributed by atoms with Crippen LogP contribution in [0, 0.1) is 0 Å². The van der Waals surface area contributed by atoms with Gasteiger partial charge in [-0.25, -0.2) is 0 Å². The topological polar surface area (TPSA) is 55.5 Å². The number of rotatable bonds is 5. The summed E-state index contributed by atoms with van der Waals surface area (Å²) in [4.78, 5) is 0. The second-order valence-corrected chi connectivity index (χ2v) is 6.65. The minimum atomic E-state index is 0.0161. The second-order valence-electron chi connectivity index (χ2n) is 6.65. The number of nitrogen functional groups attached to an aromatic ring is 1. The third-order valence-electron chi connectivity index (χ3n) is 4.72. The van der Waals surface area contributed by atoms with Gasteiger partial charge in [-0.15, -0.1) is 0 Å². The van der Waals surface area contributed by atoms with Crippen LogP contribution in [0.1, 0.15) is 22.6 Å². The molecule has 0 saturated heterocycles. The Kier molecular flexibility index (Phi) is 4.98. The van der Waals surface area contributed by atoms with E-state index >= 15 is 0 Å². The fourth-order valence-corrected chi connectivity index (χ4v) is 3.32. The van der Waals surface area contributed by atoms with Crippen molar-refractivity contribution in [1.82, 2.24) is 0 Å². The molecule has 0 aliphatic rings. The number of anilines is 1. The summed E-state index contributed by atoms with van der Waals surface area (Å²) in [6, 6.07) is 33.9. The molecule has 3 N–H and O–H groups in total. The Balaban J connectivity index is 1.64. The number of phenols is 1. The zero-order valence-corrected chi connectivity index (χ0v) is 15.3. The Morgan fingerprint density at radius 1 is 0.607 bits per heavy atom. The minimum absolute atomic E-state index is 0.0161. The first-order chi connectivity index (χ1) is 13.7. The van der Waals surface area contributed by atoms with Crippen molar-refractivity contribution in [3.05, 3.63) is 120 Å². The average Bonchev–Trinajstić information content (AvgIpc) is 2.74. The van der Waals surface area contributed by atoms with Gasteiger partial charge < -0.3 is 15.6 Å². The monoisotopic (exact) mass is 367 g/mol. The number of aromatic hydroxyl groups is 1. The van der Waals surface area contributed by atoms with Crippen molar-refractivity contribution >= 4 is 5.69 Å². The predicted octanol–water partition coefficient (Wildman–Crippen LogP) is 5.95. The van der Waals surface area contributed by atoms with Gasteiger partial charge in [0, 0.05) is 12.0 Å². The van der Waals surface area contributed by atoms with E-state index in [1.165, 1.54) is 22.8 Å². The van der Waals surface area contributed by atoms with Crippen LogP contribution in [0.25, 0.3) is 0 Å². The van der Waals surface area contributed by atoms with Gasteiger partial charge in [0.25, 0.3) is 0 Å². The van der Waals surface area contributed by atoms with Gasteiger partial charge in [-0.3, -0.25) is 0 Å². The second kappa shape index (κ2) is 7.89. The van der Waals surface area contributed by atoms with Crippen LogP contribution in [0.2, 0.25) is 0 Å². The van der Waals surface area contributed by atoms with E-state index in [1.807, 2.05) is 24.3 Å². The molecular formula is C25H21NO2.